The maximum atomic E-state index is 12.9. The number of hydrogen-bond donors (Lipinski definition) is 1. The molecule has 0 radical (unpaired) electrons. The second-order valence-corrected chi connectivity index (χ2v) is 8.16. The Balaban J connectivity index is 2.15. The smallest absolute Gasteiger partial charge is 0.326 e. The molecule has 0 heterocycles. The molecule has 0 bridgehead atoms. The molecule has 0 aromatic heterocycles. The van der Waals surface area contributed by atoms with Gasteiger partial charge in [0.2, 0.25) is 5.91 Å². The van der Waals surface area contributed by atoms with E-state index in [0.717, 1.165) is 37.1 Å². The molecule has 1 fully saturated rings. The minimum absolute atomic E-state index is 0.0622. The van der Waals surface area contributed by atoms with Gasteiger partial charge in [-0.3, -0.25) is 4.79 Å². The van der Waals surface area contributed by atoms with Gasteiger partial charge in [0, 0.05) is 12.0 Å². The molecule has 1 amide bonds. The van der Waals surface area contributed by atoms with Gasteiger partial charge in [-0.05, 0) is 44.0 Å². The van der Waals surface area contributed by atoms with Crippen LogP contribution in [0.2, 0.25) is 0 Å². The van der Waals surface area contributed by atoms with Crippen molar-refractivity contribution in [2.45, 2.75) is 43.7 Å². The fourth-order valence-corrected chi connectivity index (χ4v) is 4.10. The molecule has 8 heteroatoms. The minimum atomic E-state index is -3.77. The number of carboxylic acid groups (broad SMARTS) is 1. The highest BCUT2D eigenvalue weighted by Gasteiger charge is 2.40. The zero-order valence-corrected chi connectivity index (χ0v) is 14.3. The number of hydrogen-bond acceptors (Lipinski definition) is 4. The molecular formula is C16H20FNO5S. The number of aliphatic carboxylic acids is 1. The van der Waals surface area contributed by atoms with Gasteiger partial charge in [0.15, 0.2) is 9.84 Å². The maximum absolute atomic E-state index is 12.9. The molecule has 1 aromatic carbocycles. The van der Waals surface area contributed by atoms with Crippen LogP contribution < -0.4 is 0 Å². The first-order valence-electron chi connectivity index (χ1n) is 7.67. The lowest BCUT2D eigenvalue weighted by Crippen LogP contribution is -2.48. The summed E-state index contributed by atoms with van der Waals surface area (Å²) in [5.41, 5.74) is 0. The van der Waals surface area contributed by atoms with Gasteiger partial charge < -0.3 is 10.0 Å². The Kier molecular flexibility index (Phi) is 5.27. The van der Waals surface area contributed by atoms with Gasteiger partial charge in [0.05, 0.1) is 10.6 Å². The lowest BCUT2D eigenvalue weighted by Gasteiger charge is -2.29. The summed E-state index contributed by atoms with van der Waals surface area (Å²) in [7, 11) is -3.77. The van der Waals surface area contributed by atoms with Crippen LogP contribution in [0.3, 0.4) is 0 Å². The van der Waals surface area contributed by atoms with Crippen LogP contribution in [0.25, 0.3) is 0 Å². The van der Waals surface area contributed by atoms with Crippen LogP contribution in [0.1, 0.15) is 26.7 Å². The van der Waals surface area contributed by atoms with Gasteiger partial charge in [0.25, 0.3) is 0 Å². The highest BCUT2D eigenvalue weighted by atomic mass is 32.2. The largest absolute Gasteiger partial charge is 0.480 e. The Morgan fingerprint density at radius 1 is 1.25 bits per heavy atom. The zero-order valence-electron chi connectivity index (χ0n) is 13.5. The standard InChI is InChI=1S/C16H20FNO5S/c1-10(9-24(22,23)14-7-3-12(17)4-8-14)15(19)18(13-5-6-13)11(2)16(20)21/h3-4,7-8,10-11,13H,5-6,9H2,1-2H3,(H,20,21). The molecule has 1 aromatic rings. The molecule has 2 atom stereocenters. The molecule has 2 unspecified atom stereocenters. The number of halogens is 1. The lowest BCUT2D eigenvalue weighted by atomic mass is 10.1. The summed E-state index contributed by atoms with van der Waals surface area (Å²) in [6.07, 6.45) is 1.45. The first-order chi connectivity index (χ1) is 11.1. The van der Waals surface area contributed by atoms with Gasteiger partial charge in [0.1, 0.15) is 11.9 Å². The number of amides is 1. The molecule has 1 N–H and O–H groups in total. The topological polar surface area (TPSA) is 91.8 Å². The van der Waals surface area contributed by atoms with Crippen LogP contribution in [-0.2, 0) is 19.4 Å². The molecule has 0 saturated heterocycles. The van der Waals surface area contributed by atoms with Crippen LogP contribution in [0.4, 0.5) is 4.39 Å². The van der Waals surface area contributed by atoms with E-state index >= 15 is 0 Å². The Morgan fingerprint density at radius 3 is 2.25 bits per heavy atom. The quantitative estimate of drug-likeness (QED) is 0.750. The maximum Gasteiger partial charge on any atom is 0.326 e. The van der Waals surface area contributed by atoms with E-state index in [1.165, 1.54) is 18.7 Å². The molecule has 1 aliphatic rings. The summed E-state index contributed by atoms with van der Waals surface area (Å²) >= 11 is 0. The van der Waals surface area contributed by atoms with Crippen molar-refractivity contribution in [3.63, 3.8) is 0 Å². The summed E-state index contributed by atoms with van der Waals surface area (Å²) in [6.45, 7) is 2.88. The third kappa shape index (κ3) is 4.11. The van der Waals surface area contributed by atoms with Crippen molar-refractivity contribution in [2.24, 2.45) is 5.92 Å². The van der Waals surface area contributed by atoms with Crippen LogP contribution >= 0.6 is 0 Å². The van der Waals surface area contributed by atoms with Crippen molar-refractivity contribution in [1.82, 2.24) is 4.90 Å². The van der Waals surface area contributed by atoms with E-state index in [4.69, 9.17) is 5.11 Å². The number of sulfone groups is 1. The van der Waals surface area contributed by atoms with E-state index in [9.17, 15) is 22.4 Å². The first-order valence-corrected chi connectivity index (χ1v) is 9.32. The predicted molar refractivity (Wildman–Crippen MR) is 84.6 cm³/mol. The average Bonchev–Trinajstić information content (AvgIpc) is 3.31. The van der Waals surface area contributed by atoms with E-state index in [1.54, 1.807) is 0 Å². The molecule has 24 heavy (non-hydrogen) atoms. The van der Waals surface area contributed by atoms with E-state index in [2.05, 4.69) is 0 Å². The summed E-state index contributed by atoms with van der Waals surface area (Å²) in [6, 6.07) is 3.26. The van der Waals surface area contributed by atoms with Crippen LogP contribution in [0.15, 0.2) is 29.2 Å². The average molecular weight is 357 g/mol. The molecular weight excluding hydrogens is 337 g/mol. The third-order valence-corrected chi connectivity index (χ3v) is 5.96. The van der Waals surface area contributed by atoms with Crippen molar-refractivity contribution < 1.29 is 27.5 Å². The van der Waals surface area contributed by atoms with Gasteiger partial charge in [-0.25, -0.2) is 17.6 Å². The van der Waals surface area contributed by atoms with Crippen LogP contribution in [0.5, 0.6) is 0 Å². The van der Waals surface area contributed by atoms with E-state index < -0.39 is 45.2 Å². The number of carbonyl (C=O) groups is 2. The minimum Gasteiger partial charge on any atom is -0.480 e. The Morgan fingerprint density at radius 2 is 1.79 bits per heavy atom. The Bertz CT molecular complexity index is 727. The van der Waals surface area contributed by atoms with E-state index in [-0.39, 0.29) is 10.9 Å². The van der Waals surface area contributed by atoms with Crippen molar-refractivity contribution in [3.05, 3.63) is 30.1 Å². The number of benzene rings is 1. The highest BCUT2D eigenvalue weighted by molar-refractivity contribution is 7.91. The van der Waals surface area contributed by atoms with Gasteiger partial charge >= 0.3 is 5.97 Å². The first kappa shape index (κ1) is 18.4. The fraction of sp³-hybridized carbons (Fsp3) is 0.500. The highest BCUT2D eigenvalue weighted by Crippen LogP contribution is 2.30. The second-order valence-electron chi connectivity index (χ2n) is 6.13. The normalized spacial score (nSPS) is 17.1. The SMILES string of the molecule is CC(CS(=O)(=O)c1ccc(F)cc1)C(=O)N(C1CC1)C(C)C(=O)O. The summed E-state index contributed by atoms with van der Waals surface area (Å²) in [5, 5.41) is 9.15. The van der Waals surface area contributed by atoms with Crippen LogP contribution in [-0.4, -0.2) is 48.1 Å². The molecule has 0 spiro atoms. The lowest BCUT2D eigenvalue weighted by molar-refractivity contribution is -0.151. The van der Waals surface area contributed by atoms with Crippen molar-refractivity contribution in [1.29, 1.82) is 0 Å². The van der Waals surface area contributed by atoms with Crippen molar-refractivity contribution >= 4 is 21.7 Å². The molecule has 132 valence electrons. The predicted octanol–water partition coefficient (Wildman–Crippen LogP) is 1.70. The molecule has 1 saturated carbocycles. The molecule has 2 rings (SSSR count). The third-order valence-electron chi connectivity index (χ3n) is 4.03. The summed E-state index contributed by atoms with van der Waals surface area (Å²) in [5.74, 6) is -3.50. The van der Waals surface area contributed by atoms with Crippen LogP contribution in [0, 0.1) is 11.7 Å². The number of nitrogens with zero attached hydrogens (tertiary/aromatic N) is 1. The van der Waals surface area contributed by atoms with Gasteiger partial charge in [-0.2, -0.15) is 0 Å². The Hall–Kier alpha value is -1.96. The second kappa shape index (κ2) is 6.88. The van der Waals surface area contributed by atoms with E-state index in [1.807, 2.05) is 0 Å². The molecule has 0 aliphatic heterocycles. The van der Waals surface area contributed by atoms with Crippen molar-refractivity contribution in [2.75, 3.05) is 5.75 Å². The monoisotopic (exact) mass is 357 g/mol. The Labute approximate surface area is 140 Å². The number of rotatable bonds is 7. The van der Waals surface area contributed by atoms with E-state index in [0.29, 0.717) is 0 Å². The van der Waals surface area contributed by atoms with Gasteiger partial charge in [-0.15, -0.1) is 0 Å². The summed E-state index contributed by atoms with van der Waals surface area (Å²) in [4.78, 5) is 25.0. The number of carbonyl (C=O) groups excluding carboxylic acids is 1. The molecule has 6 nitrogen and oxygen atoms in total. The molecule has 1 aliphatic carbocycles. The zero-order chi connectivity index (χ0) is 18.1. The van der Waals surface area contributed by atoms with Gasteiger partial charge in [-0.1, -0.05) is 6.92 Å². The van der Waals surface area contributed by atoms with Crippen molar-refractivity contribution in [3.8, 4) is 0 Å². The summed E-state index contributed by atoms with van der Waals surface area (Å²) < 4.78 is 37.6. The fourth-order valence-electron chi connectivity index (χ4n) is 2.55. The number of carboxylic acids is 1.